The van der Waals surface area contributed by atoms with Crippen molar-refractivity contribution in [3.63, 3.8) is 0 Å². The predicted molar refractivity (Wildman–Crippen MR) is 122 cm³/mol. The fourth-order valence-corrected chi connectivity index (χ4v) is 2.79. The van der Waals surface area contributed by atoms with Crippen LogP contribution in [0.5, 0.6) is 0 Å². The Kier molecular flexibility index (Phi) is 7.45. The lowest BCUT2D eigenvalue weighted by Crippen LogP contribution is -2.32. The van der Waals surface area contributed by atoms with Gasteiger partial charge in [-0.05, 0) is 42.0 Å². The number of carbonyl (C=O) groups excluding carboxylic acids is 2. The lowest BCUT2D eigenvalue weighted by molar-refractivity contribution is -0.384. The maximum Gasteiger partial charge on any atom is 0.287 e. The minimum Gasteiger partial charge on any atom is -0.317 e. The molecule has 3 aromatic rings. The molecule has 2 N–H and O–H groups in total. The number of nitrogens with zero attached hydrogens (tertiary/aromatic N) is 2. The van der Waals surface area contributed by atoms with Gasteiger partial charge >= 0.3 is 0 Å². The topological polar surface area (TPSA) is 114 Å². The number of benzene rings is 3. The van der Waals surface area contributed by atoms with Crippen LogP contribution in [0.25, 0.3) is 6.08 Å². The van der Waals surface area contributed by atoms with Gasteiger partial charge in [0.15, 0.2) is 0 Å². The summed E-state index contributed by atoms with van der Waals surface area (Å²) >= 11 is 6.06. The number of carbonyl (C=O) groups is 2. The molecule has 8 nitrogen and oxygen atoms in total. The summed E-state index contributed by atoms with van der Waals surface area (Å²) in [7, 11) is 0. The summed E-state index contributed by atoms with van der Waals surface area (Å²) in [5.74, 6) is -1.18. The average Bonchev–Trinajstić information content (AvgIpc) is 2.80. The van der Waals surface area contributed by atoms with Gasteiger partial charge in [0.1, 0.15) is 5.70 Å². The highest BCUT2D eigenvalue weighted by Crippen LogP contribution is 2.15. The molecular formula is C23H17ClN4O4. The second kappa shape index (κ2) is 10.6. The molecule has 0 saturated carbocycles. The average molecular weight is 449 g/mol. The van der Waals surface area contributed by atoms with Crippen LogP contribution in [0, 0.1) is 10.1 Å². The van der Waals surface area contributed by atoms with Gasteiger partial charge < -0.3 is 5.32 Å². The number of hydrogen-bond acceptors (Lipinski definition) is 5. The largest absolute Gasteiger partial charge is 0.317 e. The predicted octanol–water partition coefficient (Wildman–Crippen LogP) is 4.17. The molecule has 3 rings (SSSR count). The zero-order valence-electron chi connectivity index (χ0n) is 16.6. The number of hydrogen-bond donors (Lipinski definition) is 2. The van der Waals surface area contributed by atoms with Crippen molar-refractivity contribution < 1.29 is 14.5 Å². The van der Waals surface area contributed by atoms with Crippen molar-refractivity contribution in [1.82, 2.24) is 10.7 Å². The molecule has 160 valence electrons. The SMILES string of the molecule is O=C(N/N=C\c1ccccc1Cl)/C(=C/c1ccc([N+](=O)[O-])cc1)NC(=O)c1ccccc1. The summed E-state index contributed by atoms with van der Waals surface area (Å²) in [6.45, 7) is 0. The molecule has 9 heteroatoms. The molecule has 0 spiro atoms. The van der Waals surface area contributed by atoms with E-state index in [4.69, 9.17) is 11.6 Å². The highest BCUT2D eigenvalue weighted by atomic mass is 35.5. The van der Waals surface area contributed by atoms with Gasteiger partial charge in [0.2, 0.25) is 0 Å². The number of nitrogens with one attached hydrogen (secondary N) is 2. The van der Waals surface area contributed by atoms with E-state index in [9.17, 15) is 19.7 Å². The van der Waals surface area contributed by atoms with Crippen LogP contribution in [-0.4, -0.2) is 23.0 Å². The molecule has 0 aliphatic rings. The lowest BCUT2D eigenvalue weighted by atomic mass is 10.1. The monoisotopic (exact) mass is 448 g/mol. The van der Waals surface area contributed by atoms with Gasteiger partial charge in [-0.1, -0.05) is 48.0 Å². The zero-order chi connectivity index (χ0) is 22.9. The maximum absolute atomic E-state index is 12.7. The Morgan fingerprint density at radius 3 is 2.25 bits per heavy atom. The Morgan fingerprint density at radius 2 is 1.59 bits per heavy atom. The molecule has 0 unspecified atom stereocenters. The van der Waals surface area contributed by atoms with Crippen LogP contribution >= 0.6 is 11.6 Å². The van der Waals surface area contributed by atoms with Gasteiger partial charge in [-0.15, -0.1) is 0 Å². The third-order valence-electron chi connectivity index (χ3n) is 4.22. The van der Waals surface area contributed by atoms with Gasteiger partial charge in [0.05, 0.1) is 11.1 Å². The van der Waals surface area contributed by atoms with Crippen molar-refractivity contribution in [1.29, 1.82) is 0 Å². The van der Waals surface area contributed by atoms with Crippen LogP contribution in [0.1, 0.15) is 21.5 Å². The zero-order valence-corrected chi connectivity index (χ0v) is 17.3. The summed E-state index contributed by atoms with van der Waals surface area (Å²) in [6.07, 6.45) is 2.77. The molecule has 0 bridgehead atoms. The maximum atomic E-state index is 12.7. The smallest absolute Gasteiger partial charge is 0.287 e. The van der Waals surface area contributed by atoms with Crippen LogP contribution in [0.4, 0.5) is 5.69 Å². The molecule has 0 aliphatic heterocycles. The van der Waals surface area contributed by atoms with E-state index in [0.717, 1.165) is 0 Å². The third kappa shape index (κ3) is 6.10. The molecule has 0 saturated heterocycles. The van der Waals surface area contributed by atoms with E-state index in [0.29, 0.717) is 21.7 Å². The number of hydrazone groups is 1. The minimum absolute atomic E-state index is 0.0918. The van der Waals surface area contributed by atoms with Crippen molar-refractivity contribution in [2.45, 2.75) is 0 Å². The van der Waals surface area contributed by atoms with E-state index in [1.165, 1.54) is 36.6 Å². The first-order valence-electron chi connectivity index (χ1n) is 9.34. The van der Waals surface area contributed by atoms with Crippen LogP contribution < -0.4 is 10.7 Å². The van der Waals surface area contributed by atoms with Crippen molar-refractivity contribution in [3.8, 4) is 0 Å². The van der Waals surface area contributed by atoms with Gasteiger partial charge in [-0.25, -0.2) is 5.43 Å². The summed E-state index contributed by atoms with van der Waals surface area (Å²) in [6, 6.07) is 20.8. The normalized spacial score (nSPS) is 11.2. The highest BCUT2D eigenvalue weighted by molar-refractivity contribution is 6.33. The van der Waals surface area contributed by atoms with E-state index in [1.54, 1.807) is 54.6 Å². The van der Waals surface area contributed by atoms with Crippen molar-refractivity contribution in [2.75, 3.05) is 0 Å². The Morgan fingerprint density at radius 1 is 0.938 bits per heavy atom. The lowest BCUT2D eigenvalue weighted by Gasteiger charge is -2.09. The van der Waals surface area contributed by atoms with Gasteiger partial charge in [-0.3, -0.25) is 19.7 Å². The van der Waals surface area contributed by atoms with Crippen molar-refractivity contribution in [3.05, 3.63) is 116 Å². The number of amides is 2. The molecule has 2 amide bonds. The summed E-state index contributed by atoms with van der Waals surface area (Å²) in [5, 5.41) is 17.8. The quantitative estimate of drug-likeness (QED) is 0.244. The first-order valence-corrected chi connectivity index (χ1v) is 9.72. The molecular weight excluding hydrogens is 432 g/mol. The van der Waals surface area contributed by atoms with Crippen LogP contribution in [0.2, 0.25) is 5.02 Å². The molecule has 3 aromatic carbocycles. The fourth-order valence-electron chi connectivity index (χ4n) is 2.60. The highest BCUT2D eigenvalue weighted by Gasteiger charge is 2.15. The minimum atomic E-state index is -0.684. The van der Waals surface area contributed by atoms with Gasteiger partial charge in [0.25, 0.3) is 17.5 Å². The fraction of sp³-hybridized carbons (Fsp3) is 0. The van der Waals surface area contributed by atoms with E-state index in [2.05, 4.69) is 15.8 Å². The molecule has 0 radical (unpaired) electrons. The summed E-state index contributed by atoms with van der Waals surface area (Å²) in [4.78, 5) is 35.6. The Labute approximate surface area is 188 Å². The van der Waals surface area contributed by atoms with Crippen LogP contribution in [0.3, 0.4) is 0 Å². The number of nitro benzene ring substituents is 1. The van der Waals surface area contributed by atoms with E-state index < -0.39 is 16.7 Å². The van der Waals surface area contributed by atoms with E-state index >= 15 is 0 Å². The Bertz CT molecular complexity index is 1190. The Balaban J connectivity index is 1.83. The standard InChI is InChI=1S/C23H17ClN4O4/c24-20-9-5-4-8-18(20)15-25-27-23(30)21(26-22(29)17-6-2-1-3-7-17)14-16-10-12-19(13-11-16)28(31)32/h1-15H,(H,26,29)(H,27,30)/b21-14-,25-15-. The number of non-ortho nitro benzene ring substituents is 1. The summed E-state index contributed by atoms with van der Waals surface area (Å²) < 4.78 is 0. The molecule has 0 aliphatic carbocycles. The number of rotatable bonds is 7. The molecule has 0 atom stereocenters. The number of halogens is 1. The number of nitro groups is 1. The Hall–Kier alpha value is -4.30. The molecule has 0 heterocycles. The second-order valence-electron chi connectivity index (χ2n) is 6.45. The molecule has 32 heavy (non-hydrogen) atoms. The first kappa shape index (κ1) is 22.4. The third-order valence-corrected chi connectivity index (χ3v) is 4.56. The first-order chi connectivity index (χ1) is 15.4. The van der Waals surface area contributed by atoms with Crippen LogP contribution in [-0.2, 0) is 4.79 Å². The van der Waals surface area contributed by atoms with Gasteiger partial charge in [0, 0.05) is 28.3 Å². The summed E-state index contributed by atoms with van der Waals surface area (Å²) in [5.41, 5.74) is 3.59. The molecule has 0 aromatic heterocycles. The van der Waals surface area contributed by atoms with Crippen LogP contribution in [0.15, 0.2) is 89.7 Å². The molecule has 0 fully saturated rings. The van der Waals surface area contributed by atoms with Gasteiger partial charge in [-0.2, -0.15) is 5.10 Å². The van der Waals surface area contributed by atoms with Crippen molar-refractivity contribution in [2.24, 2.45) is 5.10 Å². The second-order valence-corrected chi connectivity index (χ2v) is 6.85. The van der Waals surface area contributed by atoms with E-state index in [1.807, 2.05) is 0 Å². The van der Waals surface area contributed by atoms with E-state index in [-0.39, 0.29) is 11.4 Å². The van der Waals surface area contributed by atoms with Crippen molar-refractivity contribution >= 4 is 41.4 Å².